The van der Waals surface area contributed by atoms with Crippen LogP contribution in [0.2, 0.25) is 0 Å². The normalized spacial score (nSPS) is 20.3. The topological polar surface area (TPSA) is 105 Å². The number of carboxylic acid groups (broad SMARTS) is 1. The number of carboxylic acids is 1. The summed E-state index contributed by atoms with van der Waals surface area (Å²) in [6.45, 7) is 6.38. The van der Waals surface area contributed by atoms with Crippen molar-refractivity contribution < 1.29 is 24.2 Å². The fraction of sp³-hybridized carbons (Fsp3) is 0.750. The van der Waals surface area contributed by atoms with Crippen molar-refractivity contribution in [2.75, 3.05) is 13.2 Å². The molecule has 0 radical (unpaired) electrons. The number of hydrogen-bond acceptors (Lipinski definition) is 4. The summed E-state index contributed by atoms with van der Waals surface area (Å²) >= 11 is 0. The van der Waals surface area contributed by atoms with Crippen molar-refractivity contribution in [3.8, 4) is 0 Å². The van der Waals surface area contributed by atoms with Crippen LogP contribution in [0, 0.1) is 5.92 Å². The van der Waals surface area contributed by atoms with Gasteiger partial charge in [0.15, 0.2) is 0 Å². The number of nitrogens with one attached hydrogen (secondary N) is 2. The second kappa shape index (κ2) is 9.18. The quantitative estimate of drug-likeness (QED) is 0.489. The number of amides is 2. The Kier molecular flexibility index (Phi) is 8.32. The molecule has 0 aromatic heterocycles. The molecule has 0 aromatic carbocycles. The molecule has 0 saturated carbocycles. The number of alkyl carbamates (subject to hydrolysis) is 1. The third-order valence-electron chi connectivity index (χ3n) is 2.54. The van der Waals surface area contributed by atoms with Gasteiger partial charge in [-0.05, 0) is 19.8 Å². The van der Waals surface area contributed by atoms with Gasteiger partial charge in [0.05, 0.1) is 12.5 Å². The second-order valence-corrected chi connectivity index (χ2v) is 3.72. The Balaban J connectivity index is 0.00000154. The summed E-state index contributed by atoms with van der Waals surface area (Å²) in [5.74, 6) is -1.75. The summed E-state index contributed by atoms with van der Waals surface area (Å²) in [6, 6.07) is -0.787. The second-order valence-electron chi connectivity index (χ2n) is 3.72. The van der Waals surface area contributed by atoms with Crippen molar-refractivity contribution in [2.45, 2.75) is 39.7 Å². The predicted molar refractivity (Wildman–Crippen MR) is 68.7 cm³/mol. The first-order valence-corrected chi connectivity index (χ1v) is 6.50. The minimum Gasteiger partial charge on any atom is -0.480 e. The predicted octanol–water partition coefficient (Wildman–Crippen LogP) is 0.738. The first kappa shape index (κ1) is 17.2. The smallest absolute Gasteiger partial charge is 0.407 e. The van der Waals surface area contributed by atoms with Gasteiger partial charge in [0.2, 0.25) is 5.91 Å². The lowest BCUT2D eigenvalue weighted by Crippen LogP contribution is -2.61. The molecule has 1 heterocycles. The van der Waals surface area contributed by atoms with E-state index in [1.54, 1.807) is 6.92 Å². The molecule has 2 atom stereocenters. The van der Waals surface area contributed by atoms with Crippen molar-refractivity contribution in [1.29, 1.82) is 0 Å². The zero-order chi connectivity index (χ0) is 14.8. The van der Waals surface area contributed by atoms with Crippen molar-refractivity contribution in [2.24, 2.45) is 5.92 Å². The Morgan fingerprint density at radius 1 is 1.42 bits per heavy atom. The zero-order valence-electron chi connectivity index (χ0n) is 11.6. The van der Waals surface area contributed by atoms with Gasteiger partial charge in [0.25, 0.3) is 0 Å². The Morgan fingerprint density at radius 3 is 2.53 bits per heavy atom. The highest BCUT2D eigenvalue weighted by atomic mass is 16.5. The lowest BCUT2D eigenvalue weighted by molar-refractivity contribution is -0.153. The molecule has 1 aliphatic heterocycles. The summed E-state index contributed by atoms with van der Waals surface area (Å²) in [5.41, 5.74) is 0. The summed E-state index contributed by atoms with van der Waals surface area (Å²) in [6.07, 6.45) is 0.482. The molecule has 1 fully saturated rings. The largest absolute Gasteiger partial charge is 0.480 e. The SMILES string of the molecule is CC.CCOC(=O)NCCC[C@H]1C(=O)NC1C(=O)O. The monoisotopic (exact) mass is 274 g/mol. The van der Waals surface area contributed by atoms with E-state index in [4.69, 9.17) is 5.11 Å². The molecule has 3 N–H and O–H groups in total. The van der Waals surface area contributed by atoms with Crippen molar-refractivity contribution in [3.63, 3.8) is 0 Å². The van der Waals surface area contributed by atoms with E-state index >= 15 is 0 Å². The van der Waals surface area contributed by atoms with E-state index in [2.05, 4.69) is 15.4 Å². The van der Waals surface area contributed by atoms with Crippen LogP contribution in [0.4, 0.5) is 4.79 Å². The molecule has 19 heavy (non-hydrogen) atoms. The highest BCUT2D eigenvalue weighted by molar-refractivity contribution is 5.96. The van der Waals surface area contributed by atoms with Gasteiger partial charge in [-0.15, -0.1) is 0 Å². The van der Waals surface area contributed by atoms with Gasteiger partial charge in [-0.25, -0.2) is 9.59 Å². The number of ether oxygens (including phenoxy) is 1. The van der Waals surface area contributed by atoms with Crippen LogP contribution in [0.15, 0.2) is 0 Å². The van der Waals surface area contributed by atoms with Crippen LogP contribution in [0.3, 0.4) is 0 Å². The van der Waals surface area contributed by atoms with Crippen LogP contribution in [0.5, 0.6) is 0 Å². The average Bonchev–Trinajstić information content (AvgIpc) is 2.37. The summed E-state index contributed by atoms with van der Waals surface area (Å²) in [4.78, 5) is 32.7. The number of aliphatic carboxylic acids is 1. The van der Waals surface area contributed by atoms with Crippen LogP contribution < -0.4 is 10.6 Å². The molecule has 1 aliphatic rings. The Hall–Kier alpha value is -1.79. The molecule has 7 heteroatoms. The number of carbonyl (C=O) groups excluding carboxylic acids is 2. The molecule has 0 bridgehead atoms. The van der Waals surface area contributed by atoms with E-state index in [-0.39, 0.29) is 5.91 Å². The fourth-order valence-electron chi connectivity index (χ4n) is 1.64. The Labute approximate surface area is 112 Å². The van der Waals surface area contributed by atoms with Crippen LogP contribution in [-0.4, -0.2) is 42.3 Å². The van der Waals surface area contributed by atoms with Gasteiger partial charge in [0, 0.05) is 6.54 Å². The lowest BCUT2D eigenvalue weighted by atomic mass is 9.86. The average molecular weight is 274 g/mol. The number of β-lactam (4-membered cyclic amide) rings is 1. The standard InChI is InChI=1S/C10H16N2O5.C2H6/c1-2-17-10(16)11-5-3-4-6-7(9(14)15)12-8(6)13;1-2/h6-7H,2-5H2,1H3,(H,11,16)(H,12,13)(H,14,15);1-2H3/t6-,7?;/m1./s1. The number of rotatable bonds is 6. The maximum absolute atomic E-state index is 11.1. The van der Waals surface area contributed by atoms with E-state index in [1.165, 1.54) is 0 Å². The molecular weight excluding hydrogens is 252 g/mol. The van der Waals surface area contributed by atoms with Crippen LogP contribution in [0.25, 0.3) is 0 Å². The first-order valence-electron chi connectivity index (χ1n) is 6.50. The Bertz CT molecular complexity index is 319. The van der Waals surface area contributed by atoms with Gasteiger partial charge >= 0.3 is 12.1 Å². The van der Waals surface area contributed by atoms with Crippen molar-refractivity contribution in [3.05, 3.63) is 0 Å². The molecule has 0 spiro atoms. The van der Waals surface area contributed by atoms with Crippen molar-refractivity contribution >= 4 is 18.0 Å². The van der Waals surface area contributed by atoms with E-state index in [9.17, 15) is 14.4 Å². The van der Waals surface area contributed by atoms with E-state index < -0.39 is 24.0 Å². The van der Waals surface area contributed by atoms with Crippen LogP contribution in [-0.2, 0) is 14.3 Å². The highest BCUT2D eigenvalue weighted by Crippen LogP contribution is 2.20. The minimum atomic E-state index is -1.02. The molecule has 1 saturated heterocycles. The van der Waals surface area contributed by atoms with Gasteiger partial charge in [-0.1, -0.05) is 13.8 Å². The third kappa shape index (κ3) is 5.58. The first-order chi connectivity index (χ1) is 9.06. The van der Waals surface area contributed by atoms with Gasteiger partial charge in [-0.2, -0.15) is 0 Å². The molecule has 7 nitrogen and oxygen atoms in total. The summed E-state index contributed by atoms with van der Waals surface area (Å²) in [5, 5.41) is 13.5. The molecule has 1 rings (SSSR count). The van der Waals surface area contributed by atoms with Gasteiger partial charge in [0.1, 0.15) is 6.04 Å². The maximum Gasteiger partial charge on any atom is 0.407 e. The molecule has 1 unspecified atom stereocenters. The number of carbonyl (C=O) groups is 3. The summed E-state index contributed by atoms with van der Waals surface area (Å²) in [7, 11) is 0. The summed E-state index contributed by atoms with van der Waals surface area (Å²) < 4.78 is 4.65. The molecule has 110 valence electrons. The van der Waals surface area contributed by atoms with Crippen molar-refractivity contribution in [1.82, 2.24) is 10.6 Å². The molecule has 2 amide bonds. The maximum atomic E-state index is 11.1. The number of hydrogen-bond donors (Lipinski definition) is 3. The van der Waals surface area contributed by atoms with E-state index in [1.807, 2.05) is 13.8 Å². The lowest BCUT2D eigenvalue weighted by Gasteiger charge is -2.33. The fourth-order valence-corrected chi connectivity index (χ4v) is 1.64. The van der Waals surface area contributed by atoms with Crippen LogP contribution in [0.1, 0.15) is 33.6 Å². The third-order valence-corrected chi connectivity index (χ3v) is 2.54. The zero-order valence-corrected chi connectivity index (χ0v) is 11.6. The van der Waals surface area contributed by atoms with E-state index in [0.717, 1.165) is 0 Å². The van der Waals surface area contributed by atoms with E-state index in [0.29, 0.717) is 26.0 Å². The molecule has 0 aliphatic carbocycles. The molecular formula is C12H22N2O5. The van der Waals surface area contributed by atoms with Crippen LogP contribution >= 0.6 is 0 Å². The molecule has 0 aromatic rings. The van der Waals surface area contributed by atoms with Gasteiger partial charge in [-0.3, -0.25) is 4.79 Å². The Morgan fingerprint density at radius 2 is 2.05 bits per heavy atom. The minimum absolute atomic E-state index is 0.242. The highest BCUT2D eigenvalue weighted by Gasteiger charge is 2.43. The van der Waals surface area contributed by atoms with Gasteiger partial charge < -0.3 is 20.5 Å².